The van der Waals surface area contributed by atoms with Crippen LogP contribution in [0, 0.1) is 14.3 Å². The van der Waals surface area contributed by atoms with Gasteiger partial charge in [0.05, 0.1) is 0 Å². The molecule has 4 aromatic heterocycles. The van der Waals surface area contributed by atoms with Gasteiger partial charge in [0.2, 0.25) is 0 Å². The second-order valence-corrected chi connectivity index (χ2v) is 20.1. The second kappa shape index (κ2) is 8.27. The molecule has 15 rings (SSSR count). The van der Waals surface area contributed by atoms with Crippen molar-refractivity contribution in [2.45, 2.75) is 0 Å². The van der Waals surface area contributed by atoms with E-state index < -0.39 is 42.4 Å². The van der Waals surface area contributed by atoms with Crippen LogP contribution in [0.4, 0.5) is 0 Å². The summed E-state index contributed by atoms with van der Waals surface area (Å²) in [5, 5.41) is 17.9. The number of fused-ring (bicyclic) bond motifs is 10. The van der Waals surface area contributed by atoms with E-state index in [1.165, 1.54) is 46.6 Å². The molecule has 6 heterocycles. The van der Waals surface area contributed by atoms with Gasteiger partial charge in [0.1, 0.15) is 0 Å². The summed E-state index contributed by atoms with van der Waals surface area (Å²) in [4.78, 5) is 40.0. The number of halogens is 2. The van der Waals surface area contributed by atoms with Gasteiger partial charge in [-0.1, -0.05) is 0 Å². The van der Waals surface area contributed by atoms with E-state index in [2.05, 4.69) is 72.8 Å². The Morgan fingerprint density at radius 2 is 0.769 bits per heavy atom. The topological polar surface area (TPSA) is 68.7 Å². The number of benzene rings is 9. The van der Waals surface area contributed by atoms with E-state index in [4.69, 9.17) is 9.97 Å². The summed E-state index contributed by atoms with van der Waals surface area (Å²) in [7, 11) is 0. The van der Waals surface area contributed by atoms with E-state index in [1.807, 2.05) is 33.1 Å². The van der Waals surface area contributed by atoms with Gasteiger partial charge in [0.15, 0.2) is 0 Å². The number of imidazole rings is 2. The van der Waals surface area contributed by atoms with Gasteiger partial charge in [-0.15, -0.1) is 0 Å². The van der Waals surface area contributed by atoms with Gasteiger partial charge in [-0.05, 0) is 0 Å². The minimum absolute atomic E-state index is 0.00696. The molecule has 0 fully saturated rings. The zero-order valence-corrected chi connectivity index (χ0v) is 30.9. The van der Waals surface area contributed by atoms with E-state index in [0.29, 0.717) is 0 Å². The van der Waals surface area contributed by atoms with Crippen molar-refractivity contribution in [3.05, 3.63) is 132 Å². The standard InChI is InChI=1S/C44H16I2N4O2/c51-43-23-15-27-37-36-26(46-27)14-22-34-24(44(52)50-32-12-20-8-4-2-6-18(20)10-30(32)48-42(22)50)16-28-38(40(34)36)35-25(45-28)13-21(33(23)39(35)37)41-47-29-9-17-5-1-3-7-19(17)11-31(29)49(41)43/h1-16H/q-2. The van der Waals surface area contributed by atoms with Crippen molar-refractivity contribution in [3.63, 3.8) is 0 Å². The molecule has 2 aliphatic heterocycles. The van der Waals surface area contributed by atoms with Gasteiger partial charge in [0, 0.05) is 0 Å². The van der Waals surface area contributed by atoms with Crippen LogP contribution in [0.1, 0.15) is 0 Å². The van der Waals surface area contributed by atoms with Crippen LogP contribution in [-0.4, -0.2) is 18.8 Å². The van der Waals surface area contributed by atoms with Gasteiger partial charge >= 0.3 is 313 Å². The molecular formula is C44H16I2N4O2-2. The Balaban J connectivity index is 1.16. The predicted molar refractivity (Wildman–Crippen MR) is 200 cm³/mol. The van der Waals surface area contributed by atoms with Gasteiger partial charge in [0.25, 0.3) is 0 Å². The molecule has 2 aliphatic rings. The van der Waals surface area contributed by atoms with Gasteiger partial charge < -0.3 is 0 Å². The molecule has 0 radical (unpaired) electrons. The first-order valence-corrected chi connectivity index (χ1v) is 21.5. The van der Waals surface area contributed by atoms with Crippen molar-refractivity contribution < 1.29 is 42.4 Å². The predicted octanol–water partition coefficient (Wildman–Crippen LogP) is 2.43. The van der Waals surface area contributed by atoms with Crippen LogP contribution in [-0.2, 0) is 0 Å². The Hall–Kier alpha value is -5.46. The van der Waals surface area contributed by atoms with E-state index >= 15 is 0 Å². The molecule has 0 N–H and O–H groups in total. The van der Waals surface area contributed by atoms with Crippen LogP contribution in [0.3, 0.4) is 0 Å². The molecule has 0 atom stereocenters. The Bertz CT molecular complexity index is 3810. The third-order valence-electron chi connectivity index (χ3n) is 11.9. The van der Waals surface area contributed by atoms with Crippen molar-refractivity contribution in [1.29, 1.82) is 0 Å². The molecule has 240 valence electrons. The zero-order chi connectivity index (χ0) is 33.5. The number of pyridine rings is 2. The number of nitrogens with zero attached hydrogens (tertiary/aromatic N) is 4. The van der Waals surface area contributed by atoms with E-state index in [1.54, 1.807) is 0 Å². The Kier molecular flexibility index (Phi) is 4.19. The van der Waals surface area contributed by atoms with E-state index in [-0.39, 0.29) is 11.1 Å². The van der Waals surface area contributed by atoms with Crippen LogP contribution < -0.4 is 53.5 Å². The summed E-state index contributed by atoms with van der Waals surface area (Å²) in [6.45, 7) is 0. The third-order valence-corrected chi connectivity index (χ3v) is 17.6. The molecule has 0 aliphatic carbocycles. The fourth-order valence-corrected chi connectivity index (χ4v) is 16.2. The number of hydrogen-bond donors (Lipinski definition) is 0. The van der Waals surface area contributed by atoms with Crippen molar-refractivity contribution in [1.82, 2.24) is 18.8 Å². The quantitative estimate of drug-likeness (QED) is 0.134. The average molecular weight is 886 g/mol. The monoisotopic (exact) mass is 886 g/mol. The maximum absolute atomic E-state index is 14.8. The molecule has 0 spiro atoms. The van der Waals surface area contributed by atoms with Crippen molar-refractivity contribution in [3.8, 4) is 0 Å². The molecule has 0 amide bonds. The number of hydrogen-bond acceptors (Lipinski definition) is 4. The molecule has 0 saturated carbocycles. The summed E-state index contributed by atoms with van der Waals surface area (Å²) in [5.41, 5.74) is 4.89. The fourth-order valence-electron chi connectivity index (χ4n) is 9.87. The molecule has 0 bridgehead atoms. The molecule has 13 aromatic rings. The van der Waals surface area contributed by atoms with Crippen molar-refractivity contribution in [2.75, 3.05) is 0 Å². The van der Waals surface area contributed by atoms with Crippen LogP contribution >= 0.6 is 0 Å². The summed E-state index contributed by atoms with van der Waals surface area (Å²) in [6.07, 6.45) is 0. The van der Waals surface area contributed by atoms with Crippen LogP contribution in [0.15, 0.2) is 107 Å². The third kappa shape index (κ3) is 2.71. The summed E-state index contributed by atoms with van der Waals surface area (Å²) in [6, 6.07) is 34.2. The average Bonchev–Trinajstić information content (AvgIpc) is 3.93. The first-order valence-electron chi connectivity index (χ1n) is 17.2. The number of aromatic nitrogens is 4. The van der Waals surface area contributed by atoms with E-state index in [0.717, 1.165) is 87.2 Å². The molecule has 0 saturated heterocycles. The zero-order valence-electron chi connectivity index (χ0n) is 26.6. The van der Waals surface area contributed by atoms with Crippen LogP contribution in [0.2, 0.25) is 0 Å². The molecule has 9 aromatic carbocycles. The molecular weight excluding hydrogens is 870 g/mol. The van der Waals surface area contributed by atoms with Crippen molar-refractivity contribution >= 4 is 120 Å². The number of rotatable bonds is 0. The van der Waals surface area contributed by atoms with Crippen molar-refractivity contribution in [2.24, 2.45) is 0 Å². The first-order chi connectivity index (χ1) is 25.6. The van der Waals surface area contributed by atoms with Crippen LogP contribution in [0.5, 0.6) is 0 Å². The summed E-state index contributed by atoms with van der Waals surface area (Å²) < 4.78 is 9.06. The summed E-state index contributed by atoms with van der Waals surface area (Å²) >= 11 is -1.21. The first kappa shape index (κ1) is 26.3. The maximum atomic E-state index is 14.8. The Morgan fingerprint density at radius 3 is 1.17 bits per heavy atom. The van der Waals surface area contributed by atoms with Crippen LogP contribution in [0.25, 0.3) is 120 Å². The van der Waals surface area contributed by atoms with E-state index in [9.17, 15) is 9.59 Å². The summed E-state index contributed by atoms with van der Waals surface area (Å²) in [5.74, 6) is 0. The van der Waals surface area contributed by atoms with Gasteiger partial charge in [-0.2, -0.15) is 0 Å². The fraction of sp³-hybridized carbons (Fsp3) is 0. The SMILES string of the molecule is O=c1c2cc3c4c5c(cc6c7c(cc8c(c9c(cc(c2c49)c2nc4cc9ccccc9cc4n12)[I-]8)c57)c(=O)n1c2cc4ccccc4cc2nc61)[I-]3. The minimum atomic E-state index is -0.606. The second-order valence-electron chi connectivity index (χ2n) is 14.3. The van der Waals surface area contributed by atoms with Gasteiger partial charge in [-0.3, -0.25) is 0 Å². The molecule has 8 heteroatoms. The Labute approximate surface area is 310 Å². The van der Waals surface area contributed by atoms with Gasteiger partial charge in [-0.25, -0.2) is 0 Å². The Morgan fingerprint density at radius 1 is 0.404 bits per heavy atom. The normalized spacial score (nSPS) is 14.5. The molecule has 6 nitrogen and oxygen atoms in total. The molecule has 52 heavy (non-hydrogen) atoms. The molecule has 0 unspecified atom stereocenters.